The second-order valence-corrected chi connectivity index (χ2v) is 6.13. The molecule has 0 aromatic heterocycles. The Labute approximate surface area is 109 Å². The Hall–Kier alpha value is -1.38. The minimum absolute atomic E-state index is 0.00579. The van der Waals surface area contributed by atoms with Crippen molar-refractivity contribution < 1.29 is 9.59 Å². The molecule has 1 aliphatic heterocycles. The van der Waals surface area contributed by atoms with Crippen molar-refractivity contribution >= 4 is 11.6 Å². The molecular formula is C15H21NO2. The molecule has 0 N–H and O–H groups in total. The van der Waals surface area contributed by atoms with Crippen molar-refractivity contribution in [3.05, 3.63) is 23.4 Å². The quantitative estimate of drug-likeness (QED) is 0.527. The van der Waals surface area contributed by atoms with E-state index in [2.05, 4.69) is 4.90 Å². The fourth-order valence-corrected chi connectivity index (χ4v) is 2.69. The molecule has 0 amide bonds. The summed E-state index contributed by atoms with van der Waals surface area (Å²) >= 11 is 0. The number of carbonyl (C=O) groups is 2. The molecule has 3 heteroatoms. The van der Waals surface area contributed by atoms with E-state index in [-0.39, 0.29) is 17.0 Å². The van der Waals surface area contributed by atoms with Crippen LogP contribution in [0.3, 0.4) is 0 Å². The van der Waals surface area contributed by atoms with Crippen LogP contribution in [0.1, 0.15) is 39.5 Å². The molecule has 98 valence electrons. The van der Waals surface area contributed by atoms with E-state index in [1.807, 2.05) is 27.0 Å². The lowest BCUT2D eigenvalue weighted by molar-refractivity contribution is -0.127. The van der Waals surface area contributed by atoms with Gasteiger partial charge in [-0.2, -0.15) is 0 Å². The van der Waals surface area contributed by atoms with Crippen LogP contribution in [-0.4, -0.2) is 30.1 Å². The van der Waals surface area contributed by atoms with E-state index in [4.69, 9.17) is 0 Å². The van der Waals surface area contributed by atoms with Gasteiger partial charge in [0.2, 0.25) is 0 Å². The Morgan fingerprint density at radius 1 is 1.11 bits per heavy atom. The first-order valence-corrected chi connectivity index (χ1v) is 6.57. The van der Waals surface area contributed by atoms with E-state index in [0.29, 0.717) is 18.4 Å². The van der Waals surface area contributed by atoms with Crippen molar-refractivity contribution in [2.45, 2.75) is 39.5 Å². The zero-order chi connectivity index (χ0) is 13.3. The molecule has 1 saturated carbocycles. The van der Waals surface area contributed by atoms with Crippen molar-refractivity contribution in [3.8, 4) is 0 Å². The van der Waals surface area contributed by atoms with Gasteiger partial charge in [0.25, 0.3) is 0 Å². The van der Waals surface area contributed by atoms with Crippen LogP contribution >= 0.6 is 0 Å². The molecule has 0 spiro atoms. The lowest BCUT2D eigenvalue weighted by Gasteiger charge is -2.28. The average Bonchev–Trinajstić information content (AvgIpc) is 2.61. The van der Waals surface area contributed by atoms with E-state index in [1.165, 1.54) is 5.70 Å². The molecule has 1 aliphatic carbocycles. The number of rotatable bonds is 1. The van der Waals surface area contributed by atoms with Crippen molar-refractivity contribution in [3.63, 3.8) is 0 Å². The largest absolute Gasteiger partial charge is 0.378 e. The highest BCUT2D eigenvalue weighted by molar-refractivity contribution is 6.22. The maximum Gasteiger partial charge on any atom is 0.166 e. The average molecular weight is 247 g/mol. The lowest BCUT2D eigenvalue weighted by atomic mass is 9.74. The van der Waals surface area contributed by atoms with Gasteiger partial charge in [-0.15, -0.1) is 0 Å². The van der Waals surface area contributed by atoms with Gasteiger partial charge in [0, 0.05) is 32.1 Å². The lowest BCUT2D eigenvalue weighted by Crippen LogP contribution is -2.31. The number of ketones is 2. The van der Waals surface area contributed by atoms with Crippen LogP contribution in [0.2, 0.25) is 0 Å². The van der Waals surface area contributed by atoms with Crippen LogP contribution in [0.25, 0.3) is 0 Å². The first-order valence-electron chi connectivity index (χ1n) is 6.57. The van der Waals surface area contributed by atoms with Crippen LogP contribution in [-0.2, 0) is 9.59 Å². The van der Waals surface area contributed by atoms with Gasteiger partial charge in [0.05, 0.1) is 5.57 Å². The van der Waals surface area contributed by atoms with Gasteiger partial charge in [-0.05, 0) is 30.4 Å². The van der Waals surface area contributed by atoms with Crippen LogP contribution in [0.15, 0.2) is 23.4 Å². The molecule has 0 radical (unpaired) electrons. The first kappa shape index (κ1) is 13.1. The fourth-order valence-electron chi connectivity index (χ4n) is 2.69. The Morgan fingerprint density at radius 2 is 1.72 bits per heavy atom. The Balaban J connectivity index is 2.18. The second-order valence-electron chi connectivity index (χ2n) is 6.13. The third kappa shape index (κ3) is 2.71. The summed E-state index contributed by atoms with van der Waals surface area (Å²) in [4.78, 5) is 26.1. The third-order valence-corrected chi connectivity index (χ3v) is 3.74. The van der Waals surface area contributed by atoms with Crippen molar-refractivity contribution in [1.82, 2.24) is 4.90 Å². The topological polar surface area (TPSA) is 37.4 Å². The summed E-state index contributed by atoms with van der Waals surface area (Å²) in [6.07, 6.45) is 6.81. The van der Waals surface area contributed by atoms with Gasteiger partial charge in [-0.3, -0.25) is 9.59 Å². The molecule has 1 saturated heterocycles. The molecule has 0 atom stereocenters. The smallest absolute Gasteiger partial charge is 0.166 e. The van der Waals surface area contributed by atoms with E-state index in [1.54, 1.807) is 6.08 Å². The van der Waals surface area contributed by atoms with Gasteiger partial charge in [0.1, 0.15) is 0 Å². The van der Waals surface area contributed by atoms with Gasteiger partial charge >= 0.3 is 0 Å². The number of Topliss-reactive ketones (excluding diaryl/α,β-unsaturated/α-hetero) is 2. The van der Waals surface area contributed by atoms with E-state index in [0.717, 1.165) is 19.4 Å². The van der Waals surface area contributed by atoms with E-state index >= 15 is 0 Å². The summed E-state index contributed by atoms with van der Waals surface area (Å²) in [7, 11) is 2.05. The molecule has 0 unspecified atom stereocenters. The van der Waals surface area contributed by atoms with Gasteiger partial charge in [-0.25, -0.2) is 0 Å². The summed E-state index contributed by atoms with van der Waals surface area (Å²) in [5.41, 5.74) is 1.43. The molecule has 2 aliphatic rings. The maximum absolute atomic E-state index is 12.0. The SMILES string of the molecule is CN1CCC/C1=C\C=C1C(=O)CC(C)(C)CC1=O. The van der Waals surface area contributed by atoms with Crippen molar-refractivity contribution in [2.24, 2.45) is 5.41 Å². The summed E-state index contributed by atoms with van der Waals surface area (Å²) < 4.78 is 0. The minimum Gasteiger partial charge on any atom is -0.378 e. The molecule has 0 bridgehead atoms. The van der Waals surface area contributed by atoms with Gasteiger partial charge < -0.3 is 4.90 Å². The molecule has 0 aromatic carbocycles. The molecular weight excluding hydrogens is 226 g/mol. The Kier molecular flexibility index (Phi) is 3.42. The highest BCUT2D eigenvalue weighted by Gasteiger charge is 2.35. The molecule has 0 aromatic rings. The van der Waals surface area contributed by atoms with Crippen LogP contribution in [0.4, 0.5) is 0 Å². The molecule has 18 heavy (non-hydrogen) atoms. The normalized spacial score (nSPS) is 26.1. The first-order chi connectivity index (χ1) is 8.39. The van der Waals surface area contributed by atoms with Gasteiger partial charge in [0.15, 0.2) is 11.6 Å². The van der Waals surface area contributed by atoms with Crippen LogP contribution in [0.5, 0.6) is 0 Å². The zero-order valence-corrected chi connectivity index (χ0v) is 11.5. The Morgan fingerprint density at radius 3 is 2.22 bits per heavy atom. The molecule has 3 nitrogen and oxygen atoms in total. The zero-order valence-electron chi connectivity index (χ0n) is 11.5. The molecule has 1 heterocycles. The minimum atomic E-state index is -0.178. The standard InChI is InChI=1S/C15H21NO2/c1-15(2)9-13(17)12(14(18)10-15)7-6-11-5-4-8-16(11)3/h6-7H,4-5,8-10H2,1-3H3/b11-6+. The highest BCUT2D eigenvalue weighted by atomic mass is 16.1. The molecule has 2 rings (SSSR count). The number of carbonyl (C=O) groups excluding carboxylic acids is 2. The monoisotopic (exact) mass is 247 g/mol. The summed E-state index contributed by atoms with van der Waals surface area (Å²) in [5, 5.41) is 0. The van der Waals surface area contributed by atoms with E-state index < -0.39 is 0 Å². The fraction of sp³-hybridized carbons (Fsp3) is 0.600. The summed E-state index contributed by atoms with van der Waals surface area (Å²) in [6, 6.07) is 0. The van der Waals surface area contributed by atoms with Gasteiger partial charge in [-0.1, -0.05) is 13.8 Å². The summed E-state index contributed by atoms with van der Waals surface area (Å²) in [6.45, 7) is 5.01. The predicted molar refractivity (Wildman–Crippen MR) is 71.1 cm³/mol. The Bertz CT molecular complexity index is 421. The highest BCUT2D eigenvalue weighted by Crippen LogP contribution is 2.33. The number of nitrogens with zero attached hydrogens (tertiary/aromatic N) is 1. The van der Waals surface area contributed by atoms with Crippen molar-refractivity contribution in [2.75, 3.05) is 13.6 Å². The number of hydrogen-bond donors (Lipinski definition) is 0. The second kappa shape index (κ2) is 4.71. The maximum atomic E-state index is 12.0. The number of likely N-dealkylation sites (tertiary alicyclic amines) is 1. The van der Waals surface area contributed by atoms with Crippen LogP contribution < -0.4 is 0 Å². The predicted octanol–water partition coefficient (Wildman–Crippen LogP) is 2.48. The van der Waals surface area contributed by atoms with Crippen LogP contribution in [0, 0.1) is 5.41 Å². The molecule has 2 fully saturated rings. The number of allylic oxidation sites excluding steroid dienone is 4. The van der Waals surface area contributed by atoms with Crippen molar-refractivity contribution in [1.29, 1.82) is 0 Å². The van der Waals surface area contributed by atoms with E-state index in [9.17, 15) is 9.59 Å². The third-order valence-electron chi connectivity index (χ3n) is 3.74. The summed E-state index contributed by atoms with van der Waals surface area (Å²) in [5.74, 6) is -0.0116. The number of hydrogen-bond acceptors (Lipinski definition) is 3.